The third kappa shape index (κ3) is 6.74. The monoisotopic (exact) mass is 292 g/mol. The van der Waals surface area contributed by atoms with Crippen molar-refractivity contribution in [2.45, 2.75) is 46.2 Å². The van der Waals surface area contributed by atoms with Gasteiger partial charge in [0.1, 0.15) is 0 Å². The van der Waals surface area contributed by atoms with Crippen molar-refractivity contribution in [3.8, 4) is 0 Å². The number of benzene rings is 1. The molecule has 0 radical (unpaired) electrons. The number of nitro benzene ring substituents is 1. The molecule has 1 rings (SSSR count). The fraction of sp³-hybridized carbons (Fsp3) is 0.533. The molecule has 1 aromatic rings. The van der Waals surface area contributed by atoms with E-state index >= 15 is 0 Å². The molecule has 21 heavy (non-hydrogen) atoms. The second-order valence-electron chi connectivity index (χ2n) is 5.17. The van der Waals surface area contributed by atoms with Gasteiger partial charge in [-0.3, -0.25) is 10.1 Å². The molecule has 0 fully saturated rings. The quantitative estimate of drug-likeness (QED) is 0.266. The Labute approximate surface area is 125 Å². The van der Waals surface area contributed by atoms with Gasteiger partial charge in [-0.25, -0.2) is 4.99 Å². The molecule has 0 aromatic heterocycles. The molecule has 0 amide bonds. The van der Waals surface area contributed by atoms with Gasteiger partial charge in [0, 0.05) is 24.7 Å². The van der Waals surface area contributed by atoms with E-state index in [0.29, 0.717) is 12.6 Å². The smallest absolute Gasteiger partial charge is 0.269 e. The van der Waals surface area contributed by atoms with Gasteiger partial charge in [0.25, 0.3) is 5.69 Å². The normalized spacial score (nSPS) is 11.5. The minimum atomic E-state index is -0.398. The molecule has 6 nitrogen and oxygen atoms in total. The lowest BCUT2D eigenvalue weighted by molar-refractivity contribution is -0.384. The summed E-state index contributed by atoms with van der Waals surface area (Å²) in [5.41, 5.74) is 1.05. The Morgan fingerprint density at radius 2 is 2.00 bits per heavy atom. The van der Waals surface area contributed by atoms with Crippen LogP contribution in [-0.4, -0.2) is 23.5 Å². The molecule has 0 saturated carbocycles. The fourth-order valence-corrected chi connectivity index (χ4v) is 1.70. The molecule has 1 aromatic carbocycles. The predicted octanol–water partition coefficient (Wildman–Crippen LogP) is 2.84. The predicted molar refractivity (Wildman–Crippen MR) is 85.4 cm³/mol. The molecule has 0 aliphatic heterocycles. The average molecular weight is 292 g/mol. The molecule has 0 spiro atoms. The van der Waals surface area contributed by atoms with Crippen molar-refractivity contribution in [1.29, 1.82) is 0 Å². The molecule has 0 saturated heterocycles. The number of guanidine groups is 1. The van der Waals surface area contributed by atoms with Gasteiger partial charge in [-0.05, 0) is 25.8 Å². The average Bonchev–Trinajstić information content (AvgIpc) is 2.44. The lowest BCUT2D eigenvalue weighted by Crippen LogP contribution is -2.41. The number of non-ortho nitro benzene ring substituents is 1. The van der Waals surface area contributed by atoms with Crippen LogP contribution in [0.15, 0.2) is 29.3 Å². The van der Waals surface area contributed by atoms with Gasteiger partial charge < -0.3 is 10.6 Å². The van der Waals surface area contributed by atoms with Crippen molar-refractivity contribution in [2.75, 3.05) is 6.54 Å². The summed E-state index contributed by atoms with van der Waals surface area (Å²) in [7, 11) is 0. The Hall–Kier alpha value is -2.11. The van der Waals surface area contributed by atoms with Gasteiger partial charge in [0.05, 0.1) is 11.5 Å². The molecule has 0 aliphatic rings. The zero-order valence-electron chi connectivity index (χ0n) is 12.9. The number of rotatable bonds is 7. The first-order valence-electron chi connectivity index (χ1n) is 7.31. The maximum Gasteiger partial charge on any atom is 0.269 e. The summed E-state index contributed by atoms with van der Waals surface area (Å²) >= 11 is 0. The van der Waals surface area contributed by atoms with Crippen LogP contribution in [0, 0.1) is 10.1 Å². The Bertz CT molecular complexity index is 469. The van der Waals surface area contributed by atoms with Crippen molar-refractivity contribution in [3.63, 3.8) is 0 Å². The summed E-state index contributed by atoms with van der Waals surface area (Å²) in [6.07, 6.45) is 2.22. The van der Waals surface area contributed by atoms with Crippen LogP contribution in [0.5, 0.6) is 0 Å². The minimum Gasteiger partial charge on any atom is -0.356 e. The van der Waals surface area contributed by atoms with Crippen LogP contribution >= 0.6 is 0 Å². The molecular formula is C15H24N4O2. The standard InChI is InChI=1S/C15H24N4O2/c1-4-5-10-16-15(18-12(2)3)17-11-13-6-8-14(9-7-13)19(20)21/h6-9,12H,4-5,10-11H2,1-3H3,(H2,16,17,18). The van der Waals surface area contributed by atoms with Crippen LogP contribution in [-0.2, 0) is 6.54 Å². The number of nitro groups is 1. The van der Waals surface area contributed by atoms with Crippen molar-refractivity contribution in [1.82, 2.24) is 10.6 Å². The number of nitrogens with zero attached hydrogens (tertiary/aromatic N) is 2. The third-order valence-corrected chi connectivity index (χ3v) is 2.82. The zero-order chi connectivity index (χ0) is 15.7. The second kappa shape index (κ2) is 8.94. The summed E-state index contributed by atoms with van der Waals surface area (Å²) in [5.74, 6) is 0.775. The SMILES string of the molecule is CCCCNC(=NCc1ccc([N+](=O)[O-])cc1)NC(C)C. The van der Waals surface area contributed by atoms with E-state index in [1.165, 1.54) is 12.1 Å². The molecule has 2 N–H and O–H groups in total. The molecule has 0 unspecified atom stereocenters. The van der Waals surface area contributed by atoms with E-state index in [-0.39, 0.29) is 5.69 Å². The maximum atomic E-state index is 10.6. The van der Waals surface area contributed by atoms with Crippen molar-refractivity contribution in [3.05, 3.63) is 39.9 Å². The highest BCUT2D eigenvalue weighted by Gasteiger charge is 2.04. The van der Waals surface area contributed by atoms with Gasteiger partial charge in [-0.1, -0.05) is 25.5 Å². The Morgan fingerprint density at radius 1 is 1.33 bits per heavy atom. The number of unbranched alkanes of at least 4 members (excludes halogenated alkanes) is 1. The first-order chi connectivity index (χ1) is 10.0. The van der Waals surface area contributed by atoms with E-state index < -0.39 is 4.92 Å². The van der Waals surface area contributed by atoms with E-state index in [9.17, 15) is 10.1 Å². The molecule has 0 aliphatic carbocycles. The molecular weight excluding hydrogens is 268 g/mol. The van der Waals surface area contributed by atoms with E-state index in [0.717, 1.165) is 30.9 Å². The molecule has 0 bridgehead atoms. The summed E-state index contributed by atoms with van der Waals surface area (Å²) in [6.45, 7) is 7.64. The van der Waals surface area contributed by atoms with Gasteiger partial charge in [0.15, 0.2) is 5.96 Å². The van der Waals surface area contributed by atoms with Crippen LogP contribution in [0.4, 0.5) is 5.69 Å². The first kappa shape index (κ1) is 16.9. The Balaban J connectivity index is 2.64. The first-order valence-corrected chi connectivity index (χ1v) is 7.31. The Kier molecular flexibility index (Phi) is 7.21. The number of hydrogen-bond donors (Lipinski definition) is 2. The van der Waals surface area contributed by atoms with E-state index in [2.05, 4.69) is 36.4 Å². The van der Waals surface area contributed by atoms with Gasteiger partial charge in [0.2, 0.25) is 0 Å². The zero-order valence-corrected chi connectivity index (χ0v) is 12.9. The highest BCUT2D eigenvalue weighted by molar-refractivity contribution is 5.80. The van der Waals surface area contributed by atoms with Crippen molar-refractivity contribution in [2.24, 2.45) is 4.99 Å². The van der Waals surface area contributed by atoms with Crippen LogP contribution in [0.2, 0.25) is 0 Å². The van der Waals surface area contributed by atoms with Crippen LogP contribution < -0.4 is 10.6 Å². The number of nitrogens with one attached hydrogen (secondary N) is 2. The van der Waals surface area contributed by atoms with Crippen LogP contribution in [0.1, 0.15) is 39.2 Å². The van der Waals surface area contributed by atoms with E-state index in [1.807, 2.05) is 0 Å². The number of aliphatic imine (C=N–C) groups is 1. The van der Waals surface area contributed by atoms with Crippen LogP contribution in [0.3, 0.4) is 0 Å². The molecule has 6 heteroatoms. The lowest BCUT2D eigenvalue weighted by atomic mass is 10.2. The third-order valence-electron chi connectivity index (χ3n) is 2.82. The summed E-state index contributed by atoms with van der Waals surface area (Å²) in [4.78, 5) is 14.7. The van der Waals surface area contributed by atoms with Gasteiger partial charge in [-0.15, -0.1) is 0 Å². The topological polar surface area (TPSA) is 79.6 Å². The maximum absolute atomic E-state index is 10.6. The number of hydrogen-bond acceptors (Lipinski definition) is 3. The minimum absolute atomic E-state index is 0.101. The largest absolute Gasteiger partial charge is 0.356 e. The summed E-state index contributed by atoms with van der Waals surface area (Å²) < 4.78 is 0. The lowest BCUT2D eigenvalue weighted by Gasteiger charge is -2.15. The highest BCUT2D eigenvalue weighted by atomic mass is 16.6. The van der Waals surface area contributed by atoms with Crippen molar-refractivity contribution >= 4 is 11.6 Å². The highest BCUT2D eigenvalue weighted by Crippen LogP contribution is 2.12. The summed E-state index contributed by atoms with van der Waals surface area (Å²) in [5, 5.41) is 17.2. The fourth-order valence-electron chi connectivity index (χ4n) is 1.70. The van der Waals surface area contributed by atoms with E-state index in [4.69, 9.17) is 0 Å². The molecule has 116 valence electrons. The van der Waals surface area contributed by atoms with Gasteiger partial charge in [-0.2, -0.15) is 0 Å². The molecule has 0 atom stereocenters. The Morgan fingerprint density at radius 3 is 2.52 bits per heavy atom. The summed E-state index contributed by atoms with van der Waals surface area (Å²) in [6, 6.07) is 6.78. The van der Waals surface area contributed by atoms with Gasteiger partial charge >= 0.3 is 0 Å². The van der Waals surface area contributed by atoms with Crippen LogP contribution in [0.25, 0.3) is 0 Å². The molecule has 0 heterocycles. The van der Waals surface area contributed by atoms with Crippen molar-refractivity contribution < 1.29 is 4.92 Å². The second-order valence-corrected chi connectivity index (χ2v) is 5.17. The van der Waals surface area contributed by atoms with E-state index in [1.54, 1.807) is 12.1 Å².